The van der Waals surface area contributed by atoms with Crippen LogP contribution in [0.2, 0.25) is 0 Å². The van der Waals surface area contributed by atoms with E-state index in [1.165, 1.54) is 23.2 Å². The second-order valence-corrected chi connectivity index (χ2v) is 8.92. The molecule has 3 aliphatic rings. The van der Waals surface area contributed by atoms with Gasteiger partial charge in [0.25, 0.3) is 0 Å². The van der Waals surface area contributed by atoms with Crippen molar-refractivity contribution in [3.8, 4) is 5.75 Å². The first-order valence-corrected chi connectivity index (χ1v) is 11.4. The molecule has 2 aromatic rings. The Morgan fingerprint density at radius 1 is 1.26 bits per heavy atom. The minimum absolute atomic E-state index is 0.0167. The van der Waals surface area contributed by atoms with Crippen molar-refractivity contribution in [2.24, 2.45) is 0 Å². The number of benzene rings is 1. The van der Waals surface area contributed by atoms with E-state index in [0.717, 1.165) is 68.3 Å². The molecule has 7 heteroatoms. The van der Waals surface area contributed by atoms with Crippen LogP contribution < -0.4 is 10.1 Å². The molecule has 31 heavy (non-hydrogen) atoms. The number of methoxy groups -OCH3 is 1. The Bertz CT molecular complexity index is 945. The van der Waals surface area contributed by atoms with Gasteiger partial charge < -0.3 is 19.9 Å². The van der Waals surface area contributed by atoms with E-state index in [2.05, 4.69) is 22.3 Å². The number of ether oxygens (including phenoxy) is 2. The zero-order chi connectivity index (χ0) is 21.4. The van der Waals surface area contributed by atoms with Crippen LogP contribution in [0.15, 0.2) is 18.2 Å². The summed E-state index contributed by atoms with van der Waals surface area (Å²) in [6.07, 6.45) is 5.80. The van der Waals surface area contributed by atoms with E-state index in [-0.39, 0.29) is 12.7 Å². The van der Waals surface area contributed by atoms with E-state index in [1.54, 1.807) is 7.11 Å². The largest absolute Gasteiger partial charge is 0.496 e. The van der Waals surface area contributed by atoms with Crippen molar-refractivity contribution >= 4 is 5.82 Å². The van der Waals surface area contributed by atoms with Crippen molar-refractivity contribution in [3.63, 3.8) is 0 Å². The van der Waals surface area contributed by atoms with Crippen LogP contribution in [0.5, 0.6) is 5.75 Å². The van der Waals surface area contributed by atoms with Gasteiger partial charge in [0.2, 0.25) is 0 Å². The van der Waals surface area contributed by atoms with Gasteiger partial charge in [-0.25, -0.2) is 9.97 Å². The van der Waals surface area contributed by atoms with Gasteiger partial charge in [0.15, 0.2) is 0 Å². The number of hydrogen-bond acceptors (Lipinski definition) is 7. The average Bonchev–Trinajstić information content (AvgIpc) is 3.38. The molecule has 0 amide bonds. The Hall–Kier alpha value is -2.22. The number of nitrogens with zero attached hydrogens (tertiary/aromatic N) is 3. The molecule has 1 aromatic heterocycles. The summed E-state index contributed by atoms with van der Waals surface area (Å²) >= 11 is 0. The Labute approximate surface area is 183 Å². The number of aryl methyl sites for hydroxylation is 1. The molecule has 0 saturated carbocycles. The predicted octanol–water partition coefficient (Wildman–Crippen LogP) is 3.14. The highest BCUT2D eigenvalue weighted by Crippen LogP contribution is 2.46. The lowest BCUT2D eigenvalue weighted by Crippen LogP contribution is -2.38. The van der Waals surface area contributed by atoms with Gasteiger partial charge in [0.05, 0.1) is 25.5 Å². The van der Waals surface area contributed by atoms with Crippen molar-refractivity contribution in [2.75, 3.05) is 25.6 Å². The molecule has 7 nitrogen and oxygen atoms in total. The van der Waals surface area contributed by atoms with Crippen LogP contribution in [0.3, 0.4) is 0 Å². The first-order chi connectivity index (χ1) is 15.2. The fourth-order valence-corrected chi connectivity index (χ4v) is 5.49. The molecule has 2 bridgehead atoms. The summed E-state index contributed by atoms with van der Waals surface area (Å²) in [5.41, 5.74) is 4.51. The first-order valence-electron chi connectivity index (χ1n) is 11.4. The maximum atomic E-state index is 9.71. The van der Waals surface area contributed by atoms with Gasteiger partial charge >= 0.3 is 0 Å². The predicted molar refractivity (Wildman–Crippen MR) is 118 cm³/mol. The van der Waals surface area contributed by atoms with E-state index in [0.29, 0.717) is 12.1 Å². The van der Waals surface area contributed by atoms with Crippen LogP contribution in [-0.4, -0.2) is 52.4 Å². The highest BCUT2D eigenvalue weighted by atomic mass is 16.5. The molecule has 2 fully saturated rings. The summed E-state index contributed by atoms with van der Waals surface area (Å²) < 4.78 is 11.2. The van der Waals surface area contributed by atoms with E-state index in [1.807, 2.05) is 13.0 Å². The normalized spacial score (nSPS) is 24.9. The SMILES string of the molecule is COc1ccc(CN2[C@H]3CC[C@@H]2c2c(nc(C)nc2NC[C@H]2CCCO2)C3)cc1CO. The minimum atomic E-state index is -0.0167. The summed E-state index contributed by atoms with van der Waals surface area (Å²) in [5.74, 6) is 2.56. The lowest BCUT2D eigenvalue weighted by molar-refractivity contribution is 0.120. The Kier molecular flexibility index (Phi) is 5.82. The molecule has 5 rings (SSSR count). The molecule has 166 valence electrons. The smallest absolute Gasteiger partial charge is 0.134 e. The third-order valence-electron chi connectivity index (χ3n) is 6.94. The van der Waals surface area contributed by atoms with Crippen LogP contribution in [0.1, 0.15) is 59.9 Å². The minimum Gasteiger partial charge on any atom is -0.496 e. The number of rotatable bonds is 7. The van der Waals surface area contributed by atoms with Crippen LogP contribution >= 0.6 is 0 Å². The molecule has 0 radical (unpaired) electrons. The standard InChI is InChI=1S/C24H32N4O3/c1-15-26-20-11-18-6-7-21(23(20)24(27-15)25-12-19-4-3-9-31-19)28(18)13-16-5-8-22(30-2)17(10-16)14-29/h5,8,10,18-19,21,29H,3-4,6-7,9,11-14H2,1-2H3,(H,25,26,27)/t18-,19+,21+/m0/s1. The number of hydrogen-bond donors (Lipinski definition) is 2. The van der Waals surface area contributed by atoms with Crippen LogP contribution in [-0.2, 0) is 24.3 Å². The molecule has 4 heterocycles. The number of aliphatic hydroxyl groups is 1. The van der Waals surface area contributed by atoms with Crippen molar-refractivity contribution in [1.82, 2.24) is 14.9 Å². The molecule has 0 aliphatic carbocycles. The first kappa shape index (κ1) is 20.7. The average molecular weight is 425 g/mol. The highest BCUT2D eigenvalue weighted by molar-refractivity contribution is 5.51. The van der Waals surface area contributed by atoms with Crippen molar-refractivity contribution in [2.45, 2.75) is 70.4 Å². The van der Waals surface area contributed by atoms with Gasteiger partial charge in [-0.3, -0.25) is 4.90 Å². The van der Waals surface area contributed by atoms with E-state index in [4.69, 9.17) is 19.4 Å². The second kappa shape index (κ2) is 8.73. The van der Waals surface area contributed by atoms with Crippen molar-refractivity contribution < 1.29 is 14.6 Å². The van der Waals surface area contributed by atoms with E-state index >= 15 is 0 Å². The van der Waals surface area contributed by atoms with Crippen molar-refractivity contribution in [1.29, 1.82) is 0 Å². The van der Waals surface area contributed by atoms with Gasteiger partial charge in [0.1, 0.15) is 17.4 Å². The van der Waals surface area contributed by atoms with Crippen LogP contribution in [0.25, 0.3) is 0 Å². The van der Waals surface area contributed by atoms with Crippen LogP contribution in [0, 0.1) is 6.92 Å². The lowest BCUT2D eigenvalue weighted by Gasteiger charge is -2.37. The number of nitrogens with one attached hydrogen (secondary N) is 1. The molecular formula is C24H32N4O3. The maximum Gasteiger partial charge on any atom is 0.134 e. The third-order valence-corrected chi connectivity index (χ3v) is 6.94. The lowest BCUT2D eigenvalue weighted by atomic mass is 9.96. The quantitative estimate of drug-likeness (QED) is 0.707. The molecule has 0 unspecified atom stereocenters. The monoisotopic (exact) mass is 424 g/mol. The zero-order valence-electron chi connectivity index (χ0n) is 18.4. The van der Waals surface area contributed by atoms with Gasteiger partial charge in [-0.15, -0.1) is 0 Å². The number of anilines is 1. The zero-order valence-corrected chi connectivity index (χ0v) is 18.4. The number of fused-ring (bicyclic) bond motifs is 4. The van der Waals surface area contributed by atoms with E-state index in [9.17, 15) is 5.11 Å². The Morgan fingerprint density at radius 2 is 2.16 bits per heavy atom. The molecule has 1 aromatic carbocycles. The van der Waals surface area contributed by atoms with Gasteiger partial charge in [-0.2, -0.15) is 0 Å². The second-order valence-electron chi connectivity index (χ2n) is 8.92. The molecule has 0 spiro atoms. The fourth-order valence-electron chi connectivity index (χ4n) is 5.49. The summed E-state index contributed by atoms with van der Waals surface area (Å²) in [5, 5.41) is 13.3. The topological polar surface area (TPSA) is 79.7 Å². The molecular weight excluding hydrogens is 392 g/mol. The van der Waals surface area contributed by atoms with Crippen molar-refractivity contribution in [3.05, 3.63) is 46.4 Å². The van der Waals surface area contributed by atoms with E-state index < -0.39 is 0 Å². The van der Waals surface area contributed by atoms with Gasteiger partial charge in [-0.1, -0.05) is 6.07 Å². The molecule has 3 atom stereocenters. The molecule has 3 aliphatic heterocycles. The van der Waals surface area contributed by atoms with Gasteiger partial charge in [0, 0.05) is 49.3 Å². The number of aliphatic hydroxyl groups excluding tert-OH is 1. The van der Waals surface area contributed by atoms with Crippen LogP contribution in [0.4, 0.5) is 5.82 Å². The summed E-state index contributed by atoms with van der Waals surface area (Å²) in [6, 6.07) is 6.95. The molecule has 2 saturated heterocycles. The maximum absolute atomic E-state index is 9.71. The third kappa shape index (κ3) is 4.02. The highest BCUT2D eigenvalue weighted by Gasteiger charge is 2.42. The Morgan fingerprint density at radius 3 is 2.94 bits per heavy atom. The molecule has 2 N–H and O–H groups in total. The Balaban J connectivity index is 1.40. The summed E-state index contributed by atoms with van der Waals surface area (Å²) in [6.45, 7) is 4.49. The summed E-state index contributed by atoms with van der Waals surface area (Å²) in [4.78, 5) is 12.2. The fraction of sp³-hybridized carbons (Fsp3) is 0.583. The summed E-state index contributed by atoms with van der Waals surface area (Å²) in [7, 11) is 1.64. The number of aromatic nitrogens is 2. The van der Waals surface area contributed by atoms with Gasteiger partial charge in [-0.05, 0) is 50.3 Å².